The first kappa shape index (κ1) is 15.2. The van der Waals surface area contributed by atoms with E-state index in [1.165, 1.54) is 11.1 Å². The average molecular weight is 302 g/mol. The molecule has 0 radical (unpaired) electrons. The maximum Gasteiger partial charge on any atom is 0.0881 e. The molecule has 0 aromatic heterocycles. The Morgan fingerprint density at radius 3 is 1.48 bits per heavy atom. The Balaban J connectivity index is 2.05. The van der Waals surface area contributed by atoms with E-state index in [9.17, 15) is 10.5 Å². The Kier molecular flexibility index (Phi) is 4.68. The van der Waals surface area contributed by atoms with E-state index in [4.69, 9.17) is 0 Å². The van der Waals surface area contributed by atoms with Crippen molar-refractivity contribution in [2.75, 3.05) is 19.8 Å². The zero-order valence-corrected chi connectivity index (χ0v) is 12.8. The molecule has 1 aliphatic heterocycles. The van der Waals surface area contributed by atoms with Crippen LogP contribution in [0.15, 0.2) is 60.7 Å². The molecule has 2 aromatic carbocycles. The fourth-order valence-electron chi connectivity index (χ4n) is 3.37. The van der Waals surface area contributed by atoms with E-state index in [-0.39, 0.29) is 12.1 Å². The van der Waals surface area contributed by atoms with Crippen molar-refractivity contribution >= 4 is 0 Å². The minimum atomic E-state index is 0.0756. The van der Waals surface area contributed by atoms with E-state index in [2.05, 4.69) is 46.2 Å². The van der Waals surface area contributed by atoms with E-state index >= 15 is 0 Å². The predicted molar refractivity (Wildman–Crippen MR) is 87.9 cm³/mol. The van der Waals surface area contributed by atoms with Crippen molar-refractivity contribution in [2.45, 2.75) is 12.1 Å². The highest BCUT2D eigenvalue weighted by molar-refractivity contribution is 5.30. The van der Waals surface area contributed by atoms with Crippen LogP contribution >= 0.6 is 0 Å². The second-order valence-corrected chi connectivity index (χ2v) is 5.66. The van der Waals surface area contributed by atoms with Gasteiger partial charge in [0.1, 0.15) is 0 Å². The summed E-state index contributed by atoms with van der Waals surface area (Å²) in [6, 6.07) is 25.2. The minimum Gasteiger partial charge on any atom is -0.268 e. The van der Waals surface area contributed by atoms with Gasteiger partial charge >= 0.3 is 0 Å². The van der Waals surface area contributed by atoms with E-state index in [0.29, 0.717) is 19.8 Å². The maximum absolute atomic E-state index is 9.19. The van der Waals surface area contributed by atoms with Gasteiger partial charge in [-0.1, -0.05) is 60.7 Å². The summed E-state index contributed by atoms with van der Waals surface area (Å²) in [4.78, 5) is 4.29. The molecule has 2 aromatic rings. The molecule has 0 amide bonds. The molecule has 4 heteroatoms. The van der Waals surface area contributed by atoms with Crippen molar-refractivity contribution in [1.82, 2.24) is 9.80 Å². The highest BCUT2D eigenvalue weighted by Crippen LogP contribution is 2.43. The first-order valence-electron chi connectivity index (χ1n) is 7.67. The van der Waals surface area contributed by atoms with Crippen LogP contribution in [0.3, 0.4) is 0 Å². The van der Waals surface area contributed by atoms with Crippen LogP contribution in [-0.4, -0.2) is 29.6 Å². The van der Waals surface area contributed by atoms with Crippen LogP contribution in [0, 0.1) is 22.7 Å². The van der Waals surface area contributed by atoms with Crippen molar-refractivity contribution in [3.63, 3.8) is 0 Å². The van der Waals surface area contributed by atoms with Crippen LogP contribution in [0.5, 0.6) is 0 Å². The van der Waals surface area contributed by atoms with E-state index in [1.807, 2.05) is 36.4 Å². The Hall–Kier alpha value is -2.66. The number of nitriles is 2. The first-order valence-corrected chi connectivity index (χ1v) is 7.67. The van der Waals surface area contributed by atoms with Gasteiger partial charge < -0.3 is 0 Å². The smallest absolute Gasteiger partial charge is 0.0881 e. The van der Waals surface area contributed by atoms with Gasteiger partial charge in [0.15, 0.2) is 0 Å². The van der Waals surface area contributed by atoms with Gasteiger partial charge in [-0.2, -0.15) is 10.5 Å². The van der Waals surface area contributed by atoms with Crippen molar-refractivity contribution in [3.8, 4) is 12.1 Å². The zero-order chi connectivity index (χ0) is 16.1. The topological polar surface area (TPSA) is 54.1 Å². The molecule has 0 bridgehead atoms. The van der Waals surface area contributed by atoms with E-state index in [0.717, 1.165) is 0 Å². The highest BCUT2D eigenvalue weighted by Gasteiger charge is 2.41. The van der Waals surface area contributed by atoms with Gasteiger partial charge in [0.05, 0.1) is 44.0 Å². The largest absolute Gasteiger partial charge is 0.268 e. The van der Waals surface area contributed by atoms with Crippen molar-refractivity contribution < 1.29 is 0 Å². The van der Waals surface area contributed by atoms with Crippen LogP contribution in [0.1, 0.15) is 23.2 Å². The van der Waals surface area contributed by atoms with Gasteiger partial charge in [0, 0.05) is 0 Å². The first-order chi connectivity index (χ1) is 11.3. The summed E-state index contributed by atoms with van der Waals surface area (Å²) >= 11 is 0. The van der Waals surface area contributed by atoms with Gasteiger partial charge in [-0.25, -0.2) is 0 Å². The summed E-state index contributed by atoms with van der Waals surface area (Å²) < 4.78 is 0. The summed E-state index contributed by atoms with van der Waals surface area (Å²) in [5, 5.41) is 18.4. The molecule has 1 heterocycles. The normalized spacial score (nSPS) is 21.7. The molecule has 1 fully saturated rings. The number of nitrogens with zero attached hydrogens (tertiary/aromatic N) is 4. The maximum atomic E-state index is 9.19. The van der Waals surface area contributed by atoms with Crippen LogP contribution in [-0.2, 0) is 0 Å². The van der Waals surface area contributed by atoms with E-state index < -0.39 is 0 Å². The lowest BCUT2D eigenvalue weighted by molar-refractivity contribution is 0.252. The molecule has 2 atom stereocenters. The molecule has 0 unspecified atom stereocenters. The third-order valence-electron chi connectivity index (χ3n) is 4.28. The third kappa shape index (κ3) is 3.10. The van der Waals surface area contributed by atoms with Crippen LogP contribution < -0.4 is 0 Å². The lowest BCUT2D eigenvalue weighted by atomic mass is 9.93. The van der Waals surface area contributed by atoms with E-state index in [1.54, 1.807) is 0 Å². The van der Waals surface area contributed by atoms with Crippen molar-refractivity contribution in [2.24, 2.45) is 0 Å². The Morgan fingerprint density at radius 1 is 0.739 bits per heavy atom. The second-order valence-electron chi connectivity index (χ2n) is 5.66. The van der Waals surface area contributed by atoms with Gasteiger partial charge in [-0.05, 0) is 11.1 Å². The fraction of sp³-hybridized carbons (Fsp3) is 0.263. The summed E-state index contributed by atoms with van der Waals surface area (Å²) in [7, 11) is 0. The lowest BCUT2D eigenvalue weighted by Crippen LogP contribution is -2.27. The SMILES string of the molecule is N#CCN1CN(CC#N)[C@H](c2ccccc2)[C@H]1c1ccccc1. The molecule has 0 N–H and O–H groups in total. The monoisotopic (exact) mass is 302 g/mol. The Bertz CT molecular complexity index is 651. The molecule has 1 saturated heterocycles. The summed E-state index contributed by atoms with van der Waals surface area (Å²) in [6.45, 7) is 1.33. The van der Waals surface area contributed by atoms with Crippen LogP contribution in [0.4, 0.5) is 0 Å². The second kappa shape index (κ2) is 7.07. The molecular formula is C19H18N4. The van der Waals surface area contributed by atoms with Gasteiger partial charge in [0.2, 0.25) is 0 Å². The lowest BCUT2D eigenvalue weighted by Gasteiger charge is -2.28. The molecule has 0 aliphatic carbocycles. The Morgan fingerprint density at radius 2 is 1.13 bits per heavy atom. The standard InChI is InChI=1S/C19H18N4/c20-11-13-22-15-23(14-12-21)19(17-9-5-2-6-10-17)18(22)16-7-3-1-4-8-16/h1-10,18-19H,13-15H2/t18-,19-/m1/s1. The van der Waals surface area contributed by atoms with Crippen LogP contribution in [0.25, 0.3) is 0 Å². The highest BCUT2D eigenvalue weighted by atomic mass is 15.4. The summed E-state index contributed by atoms with van der Waals surface area (Å²) in [5.41, 5.74) is 2.36. The van der Waals surface area contributed by atoms with Crippen LogP contribution in [0.2, 0.25) is 0 Å². The fourth-order valence-corrected chi connectivity index (χ4v) is 3.37. The quantitative estimate of drug-likeness (QED) is 0.814. The molecular weight excluding hydrogens is 284 g/mol. The van der Waals surface area contributed by atoms with Crippen molar-refractivity contribution in [1.29, 1.82) is 10.5 Å². The molecule has 1 aliphatic rings. The predicted octanol–water partition coefficient (Wildman–Crippen LogP) is 3.09. The number of rotatable bonds is 4. The number of benzene rings is 2. The summed E-state index contributed by atoms with van der Waals surface area (Å²) in [5.74, 6) is 0. The molecule has 4 nitrogen and oxygen atoms in total. The van der Waals surface area contributed by atoms with Crippen molar-refractivity contribution in [3.05, 3.63) is 71.8 Å². The van der Waals surface area contributed by atoms with Gasteiger partial charge in [-0.3, -0.25) is 9.80 Å². The molecule has 0 spiro atoms. The zero-order valence-electron chi connectivity index (χ0n) is 12.8. The average Bonchev–Trinajstić information content (AvgIpc) is 2.95. The third-order valence-corrected chi connectivity index (χ3v) is 4.28. The molecule has 0 saturated carbocycles. The molecule has 114 valence electrons. The Labute approximate surface area is 136 Å². The van der Waals surface area contributed by atoms with Gasteiger partial charge in [-0.15, -0.1) is 0 Å². The number of hydrogen-bond acceptors (Lipinski definition) is 4. The molecule has 3 rings (SSSR count). The minimum absolute atomic E-state index is 0.0756. The van der Waals surface area contributed by atoms with Gasteiger partial charge in [0.25, 0.3) is 0 Å². The summed E-state index contributed by atoms with van der Waals surface area (Å²) in [6.07, 6.45) is 0. The number of hydrogen-bond donors (Lipinski definition) is 0. The molecule has 23 heavy (non-hydrogen) atoms.